The fraction of sp³-hybridized carbons (Fsp3) is 0.167. The lowest BCUT2D eigenvalue weighted by Gasteiger charge is -2.12. The highest BCUT2D eigenvalue weighted by molar-refractivity contribution is 5.95. The summed E-state index contributed by atoms with van der Waals surface area (Å²) in [6, 6.07) is 19.5. The Hall–Kier alpha value is -4.00. The van der Waals surface area contributed by atoms with Gasteiger partial charge in [-0.05, 0) is 54.4 Å². The van der Waals surface area contributed by atoms with Gasteiger partial charge in [-0.15, -0.1) is 0 Å². The van der Waals surface area contributed by atoms with E-state index in [1.807, 2.05) is 37.3 Å². The highest BCUT2D eigenvalue weighted by atomic mass is 16.5. The Morgan fingerprint density at radius 1 is 1.00 bits per heavy atom. The number of methoxy groups -OCH3 is 1. The van der Waals surface area contributed by atoms with Crippen molar-refractivity contribution in [1.29, 1.82) is 0 Å². The molecule has 0 aliphatic heterocycles. The number of phenols is 1. The van der Waals surface area contributed by atoms with Gasteiger partial charge in [-0.25, -0.2) is 5.43 Å². The lowest BCUT2D eigenvalue weighted by molar-refractivity contribution is 0.0954. The molecule has 0 bridgehead atoms. The van der Waals surface area contributed by atoms with E-state index < -0.39 is 5.91 Å². The van der Waals surface area contributed by atoms with Crippen molar-refractivity contribution in [3.8, 4) is 23.0 Å². The first-order chi connectivity index (χ1) is 15.1. The number of amides is 1. The summed E-state index contributed by atoms with van der Waals surface area (Å²) in [5.41, 5.74) is 4.55. The van der Waals surface area contributed by atoms with Crippen molar-refractivity contribution in [2.24, 2.45) is 5.10 Å². The molecule has 0 fully saturated rings. The lowest BCUT2D eigenvalue weighted by atomic mass is 10.2. The molecule has 0 aliphatic rings. The van der Waals surface area contributed by atoms with E-state index >= 15 is 0 Å². The zero-order valence-corrected chi connectivity index (χ0v) is 17.4. The Kier molecular flexibility index (Phi) is 7.48. The van der Waals surface area contributed by atoms with E-state index in [2.05, 4.69) is 10.5 Å². The van der Waals surface area contributed by atoms with Crippen LogP contribution in [0.2, 0.25) is 0 Å². The minimum Gasteiger partial charge on any atom is -0.504 e. The number of nitrogens with one attached hydrogen (secondary N) is 1. The van der Waals surface area contributed by atoms with Crippen LogP contribution in [-0.4, -0.2) is 30.9 Å². The summed E-state index contributed by atoms with van der Waals surface area (Å²) >= 11 is 0. The molecule has 3 aromatic carbocycles. The standard InChI is InChI=1S/C24H24N2O5/c1-3-30-22-13-18(9-11-20(22)27)15-25-26-24(28)19-10-12-21(23(14-19)29-2)31-16-17-7-5-4-6-8-17/h4-15,27H,3,16H2,1-2H3,(H,26,28)/b25-15+. The van der Waals surface area contributed by atoms with Crippen LogP contribution in [-0.2, 0) is 6.61 Å². The second-order valence-electron chi connectivity index (χ2n) is 6.50. The Labute approximate surface area is 180 Å². The van der Waals surface area contributed by atoms with Gasteiger partial charge in [0.25, 0.3) is 5.91 Å². The topological polar surface area (TPSA) is 89.4 Å². The molecule has 0 aromatic heterocycles. The minimum absolute atomic E-state index is 0.0460. The van der Waals surface area contributed by atoms with Crippen molar-refractivity contribution in [3.63, 3.8) is 0 Å². The van der Waals surface area contributed by atoms with Crippen LogP contribution < -0.4 is 19.6 Å². The molecule has 7 heteroatoms. The molecule has 3 aromatic rings. The summed E-state index contributed by atoms with van der Waals surface area (Å²) in [7, 11) is 1.52. The van der Waals surface area contributed by atoms with Gasteiger partial charge in [-0.2, -0.15) is 5.10 Å². The van der Waals surface area contributed by atoms with Gasteiger partial charge in [-0.1, -0.05) is 30.3 Å². The van der Waals surface area contributed by atoms with Crippen LogP contribution in [0.25, 0.3) is 0 Å². The molecule has 31 heavy (non-hydrogen) atoms. The van der Waals surface area contributed by atoms with Gasteiger partial charge in [0, 0.05) is 5.56 Å². The monoisotopic (exact) mass is 420 g/mol. The summed E-state index contributed by atoms with van der Waals surface area (Å²) in [5, 5.41) is 13.7. The average Bonchev–Trinajstić information content (AvgIpc) is 2.80. The van der Waals surface area contributed by atoms with Crippen LogP contribution in [0.4, 0.5) is 0 Å². The van der Waals surface area contributed by atoms with Gasteiger partial charge in [0.1, 0.15) is 6.61 Å². The van der Waals surface area contributed by atoms with Gasteiger partial charge in [0.05, 0.1) is 19.9 Å². The summed E-state index contributed by atoms with van der Waals surface area (Å²) in [6.45, 7) is 2.65. The van der Waals surface area contributed by atoms with Crippen LogP contribution in [0.5, 0.6) is 23.0 Å². The SMILES string of the molecule is CCOc1cc(/C=N/NC(=O)c2ccc(OCc3ccccc3)c(OC)c2)ccc1O. The first-order valence-electron chi connectivity index (χ1n) is 9.74. The number of carbonyl (C=O) groups is 1. The third kappa shape index (κ3) is 5.99. The summed E-state index contributed by atoms with van der Waals surface area (Å²) < 4.78 is 16.5. The van der Waals surface area contributed by atoms with Gasteiger partial charge < -0.3 is 19.3 Å². The first-order valence-corrected chi connectivity index (χ1v) is 9.74. The number of ether oxygens (including phenoxy) is 3. The number of aromatic hydroxyl groups is 1. The van der Waals surface area contributed by atoms with E-state index in [4.69, 9.17) is 14.2 Å². The molecule has 0 atom stereocenters. The maximum atomic E-state index is 12.4. The second-order valence-corrected chi connectivity index (χ2v) is 6.50. The van der Waals surface area contributed by atoms with E-state index in [-0.39, 0.29) is 5.75 Å². The number of hydrogen-bond acceptors (Lipinski definition) is 6. The molecule has 160 valence electrons. The number of phenolic OH excluding ortho intramolecular Hbond substituents is 1. The van der Waals surface area contributed by atoms with E-state index in [0.29, 0.717) is 41.6 Å². The third-order valence-corrected chi connectivity index (χ3v) is 4.33. The molecular formula is C24H24N2O5. The molecular weight excluding hydrogens is 396 g/mol. The predicted octanol–water partition coefficient (Wildman–Crippen LogP) is 4.14. The van der Waals surface area contributed by atoms with Crippen molar-refractivity contribution in [1.82, 2.24) is 5.43 Å². The van der Waals surface area contributed by atoms with Gasteiger partial charge in [-0.3, -0.25) is 4.79 Å². The van der Waals surface area contributed by atoms with E-state index in [1.54, 1.807) is 30.3 Å². The molecule has 0 spiro atoms. The van der Waals surface area contributed by atoms with Crippen LogP contribution >= 0.6 is 0 Å². The van der Waals surface area contributed by atoms with E-state index in [0.717, 1.165) is 5.56 Å². The molecule has 0 radical (unpaired) electrons. The number of rotatable bonds is 9. The van der Waals surface area contributed by atoms with Crippen molar-refractivity contribution in [2.75, 3.05) is 13.7 Å². The Bertz CT molecular complexity index is 1050. The molecule has 0 heterocycles. The van der Waals surface area contributed by atoms with Crippen LogP contribution in [0.15, 0.2) is 71.8 Å². The smallest absolute Gasteiger partial charge is 0.271 e. The Balaban J connectivity index is 1.63. The lowest BCUT2D eigenvalue weighted by Crippen LogP contribution is -2.17. The van der Waals surface area contributed by atoms with Gasteiger partial charge in [0.15, 0.2) is 23.0 Å². The average molecular weight is 420 g/mol. The quantitative estimate of drug-likeness (QED) is 0.401. The normalized spacial score (nSPS) is 10.6. The largest absolute Gasteiger partial charge is 0.504 e. The molecule has 2 N–H and O–H groups in total. The van der Waals surface area contributed by atoms with Crippen LogP contribution in [0.1, 0.15) is 28.4 Å². The fourth-order valence-electron chi connectivity index (χ4n) is 2.78. The van der Waals surface area contributed by atoms with Gasteiger partial charge >= 0.3 is 0 Å². The Morgan fingerprint density at radius 2 is 1.81 bits per heavy atom. The number of benzene rings is 3. The van der Waals surface area contributed by atoms with Crippen LogP contribution in [0, 0.1) is 0 Å². The summed E-state index contributed by atoms with van der Waals surface area (Å²) in [5.74, 6) is 0.998. The summed E-state index contributed by atoms with van der Waals surface area (Å²) in [4.78, 5) is 12.4. The Morgan fingerprint density at radius 3 is 2.55 bits per heavy atom. The fourth-order valence-corrected chi connectivity index (χ4v) is 2.78. The number of carbonyl (C=O) groups excluding carboxylic acids is 1. The maximum absolute atomic E-state index is 12.4. The highest BCUT2D eigenvalue weighted by Gasteiger charge is 2.11. The minimum atomic E-state index is -0.395. The van der Waals surface area contributed by atoms with E-state index in [9.17, 15) is 9.90 Å². The van der Waals surface area contributed by atoms with Gasteiger partial charge in [0.2, 0.25) is 0 Å². The van der Waals surface area contributed by atoms with Crippen molar-refractivity contribution >= 4 is 12.1 Å². The molecule has 3 rings (SSSR count). The molecule has 0 aliphatic carbocycles. The number of nitrogens with zero attached hydrogens (tertiary/aromatic N) is 1. The number of hydrazone groups is 1. The maximum Gasteiger partial charge on any atom is 0.271 e. The summed E-state index contributed by atoms with van der Waals surface area (Å²) in [6.07, 6.45) is 1.47. The predicted molar refractivity (Wildman–Crippen MR) is 118 cm³/mol. The zero-order valence-electron chi connectivity index (χ0n) is 17.4. The second kappa shape index (κ2) is 10.7. The first kappa shape index (κ1) is 21.7. The molecule has 0 unspecified atom stereocenters. The molecule has 0 saturated carbocycles. The van der Waals surface area contributed by atoms with Crippen molar-refractivity contribution in [3.05, 3.63) is 83.4 Å². The van der Waals surface area contributed by atoms with Crippen molar-refractivity contribution in [2.45, 2.75) is 13.5 Å². The zero-order chi connectivity index (χ0) is 22.1. The highest BCUT2D eigenvalue weighted by Crippen LogP contribution is 2.29. The molecule has 7 nitrogen and oxygen atoms in total. The van der Waals surface area contributed by atoms with Crippen molar-refractivity contribution < 1.29 is 24.1 Å². The third-order valence-electron chi connectivity index (χ3n) is 4.33. The molecule has 1 amide bonds. The number of hydrogen-bond donors (Lipinski definition) is 2. The van der Waals surface area contributed by atoms with E-state index in [1.165, 1.54) is 19.4 Å². The van der Waals surface area contributed by atoms with Crippen LogP contribution in [0.3, 0.4) is 0 Å². The molecule has 0 saturated heterocycles.